The van der Waals surface area contributed by atoms with E-state index in [0.29, 0.717) is 16.8 Å². The summed E-state index contributed by atoms with van der Waals surface area (Å²) in [5, 5.41) is 0.382. The first-order chi connectivity index (χ1) is 11.4. The molecule has 2 aromatic heterocycles. The molecule has 6 nitrogen and oxygen atoms in total. The van der Waals surface area contributed by atoms with Crippen molar-refractivity contribution in [3.8, 4) is 0 Å². The van der Waals surface area contributed by atoms with E-state index >= 15 is 0 Å². The molecule has 3 rings (SSSR count). The summed E-state index contributed by atoms with van der Waals surface area (Å²) in [6.07, 6.45) is 1.30. The monoisotopic (exact) mass is 329 g/mol. The molecule has 0 aliphatic heterocycles. The number of aryl methyl sites for hydroxylation is 2. The number of carbonyl (C=O) groups is 1. The summed E-state index contributed by atoms with van der Waals surface area (Å²) in [4.78, 5) is 30.4. The van der Waals surface area contributed by atoms with Crippen LogP contribution in [0.3, 0.4) is 0 Å². The van der Waals surface area contributed by atoms with E-state index in [9.17, 15) is 14.0 Å². The fraction of sp³-hybridized carbons (Fsp3) is 0.235. The molecule has 0 bridgehead atoms. The molecule has 7 heteroatoms. The Labute approximate surface area is 137 Å². The van der Waals surface area contributed by atoms with Gasteiger partial charge in [-0.15, -0.1) is 0 Å². The molecule has 0 N–H and O–H groups in total. The molecule has 2 heterocycles. The second-order valence-electron chi connectivity index (χ2n) is 5.57. The number of likely N-dealkylation sites (N-methyl/N-ethyl adjacent to an activating group) is 1. The van der Waals surface area contributed by atoms with Crippen LogP contribution in [-0.4, -0.2) is 22.5 Å². The van der Waals surface area contributed by atoms with Crippen LogP contribution in [0.5, 0.6) is 0 Å². The van der Waals surface area contributed by atoms with E-state index in [1.165, 1.54) is 40.1 Å². The van der Waals surface area contributed by atoms with Crippen molar-refractivity contribution in [2.75, 3.05) is 11.9 Å². The molecular formula is C17H16FN3O3. The lowest BCUT2D eigenvalue weighted by molar-refractivity contribution is -0.118. The van der Waals surface area contributed by atoms with Crippen LogP contribution in [0, 0.1) is 19.7 Å². The van der Waals surface area contributed by atoms with Gasteiger partial charge in [0, 0.05) is 18.3 Å². The minimum atomic E-state index is -0.378. The molecule has 124 valence electrons. The Kier molecular flexibility index (Phi) is 3.92. The molecule has 0 unspecified atom stereocenters. The maximum Gasteiger partial charge on any atom is 0.265 e. The van der Waals surface area contributed by atoms with Gasteiger partial charge in [0.15, 0.2) is 0 Å². The van der Waals surface area contributed by atoms with Crippen LogP contribution in [0.15, 0.2) is 39.8 Å². The predicted molar refractivity (Wildman–Crippen MR) is 87.6 cm³/mol. The summed E-state index contributed by atoms with van der Waals surface area (Å²) in [6.45, 7) is 3.37. The lowest BCUT2D eigenvalue weighted by Gasteiger charge is -2.17. The van der Waals surface area contributed by atoms with Crippen molar-refractivity contribution >= 4 is 22.7 Å². The average molecular weight is 329 g/mol. The van der Waals surface area contributed by atoms with E-state index in [1.807, 2.05) is 0 Å². The number of halogens is 1. The third-order valence-electron chi connectivity index (χ3n) is 4.05. The topological polar surface area (TPSA) is 68.3 Å². The Morgan fingerprint density at radius 1 is 1.29 bits per heavy atom. The molecule has 1 amide bonds. The zero-order chi connectivity index (χ0) is 17.4. The summed E-state index contributed by atoms with van der Waals surface area (Å²) < 4.78 is 19.6. The van der Waals surface area contributed by atoms with E-state index in [2.05, 4.69) is 4.98 Å². The maximum atomic E-state index is 13.0. The molecule has 0 atom stereocenters. The first-order valence-corrected chi connectivity index (χ1v) is 7.35. The standard InChI is InChI=1S/C17H16FN3O3/c1-10-11(2)24-16-15(10)17(23)21(9-19-16)8-14(22)20(3)13-6-4-12(18)5-7-13/h4-7,9H,8H2,1-3H3. The van der Waals surface area contributed by atoms with Gasteiger partial charge in [-0.25, -0.2) is 9.37 Å². The number of anilines is 1. The summed E-state index contributed by atoms with van der Waals surface area (Å²) in [7, 11) is 1.57. The molecule has 0 spiro atoms. The first kappa shape index (κ1) is 15.9. The average Bonchev–Trinajstić information content (AvgIpc) is 2.85. The Bertz CT molecular complexity index is 973. The van der Waals surface area contributed by atoms with Gasteiger partial charge in [0.25, 0.3) is 5.56 Å². The number of hydrogen-bond donors (Lipinski definition) is 0. The van der Waals surface area contributed by atoms with Gasteiger partial charge >= 0.3 is 0 Å². The highest BCUT2D eigenvalue weighted by atomic mass is 19.1. The zero-order valence-corrected chi connectivity index (χ0v) is 13.5. The van der Waals surface area contributed by atoms with E-state index in [1.54, 1.807) is 20.9 Å². The van der Waals surface area contributed by atoms with E-state index in [0.717, 1.165) is 5.56 Å². The Morgan fingerprint density at radius 3 is 2.62 bits per heavy atom. The maximum absolute atomic E-state index is 13.0. The summed E-state index contributed by atoms with van der Waals surface area (Å²) >= 11 is 0. The Balaban J connectivity index is 1.90. The van der Waals surface area contributed by atoms with E-state index in [-0.39, 0.29) is 29.5 Å². The van der Waals surface area contributed by atoms with Crippen LogP contribution in [0.2, 0.25) is 0 Å². The highest BCUT2D eigenvalue weighted by Crippen LogP contribution is 2.19. The molecule has 0 aliphatic rings. The number of hydrogen-bond acceptors (Lipinski definition) is 4. The second kappa shape index (κ2) is 5.92. The molecule has 0 saturated carbocycles. The van der Waals surface area contributed by atoms with Crippen LogP contribution in [0.4, 0.5) is 10.1 Å². The van der Waals surface area contributed by atoms with Crippen molar-refractivity contribution in [1.29, 1.82) is 0 Å². The van der Waals surface area contributed by atoms with Gasteiger partial charge < -0.3 is 9.32 Å². The van der Waals surface area contributed by atoms with Gasteiger partial charge in [-0.1, -0.05) is 0 Å². The van der Waals surface area contributed by atoms with Crippen molar-refractivity contribution < 1.29 is 13.6 Å². The van der Waals surface area contributed by atoms with Crippen molar-refractivity contribution in [3.63, 3.8) is 0 Å². The third kappa shape index (κ3) is 2.68. The molecule has 3 aromatic rings. The SMILES string of the molecule is Cc1oc2ncn(CC(=O)N(C)c3ccc(F)cc3)c(=O)c2c1C. The predicted octanol–water partition coefficient (Wildman–Crippen LogP) is 2.41. The van der Waals surface area contributed by atoms with Crippen molar-refractivity contribution in [2.24, 2.45) is 0 Å². The van der Waals surface area contributed by atoms with Crippen LogP contribution >= 0.6 is 0 Å². The third-order valence-corrected chi connectivity index (χ3v) is 4.05. The minimum absolute atomic E-state index is 0.167. The highest BCUT2D eigenvalue weighted by Gasteiger charge is 2.17. The lowest BCUT2D eigenvalue weighted by Crippen LogP contribution is -2.34. The molecule has 1 aromatic carbocycles. The minimum Gasteiger partial charge on any atom is -0.443 e. The van der Waals surface area contributed by atoms with Crippen LogP contribution in [0.1, 0.15) is 11.3 Å². The lowest BCUT2D eigenvalue weighted by atomic mass is 10.2. The van der Waals surface area contributed by atoms with Gasteiger partial charge in [-0.3, -0.25) is 14.2 Å². The molecule has 0 saturated heterocycles. The number of aromatic nitrogens is 2. The number of furan rings is 1. The molecule has 0 fully saturated rings. The number of amides is 1. The summed E-state index contributed by atoms with van der Waals surface area (Å²) in [5.41, 5.74) is 1.20. The number of nitrogens with zero attached hydrogens (tertiary/aromatic N) is 3. The Morgan fingerprint density at radius 2 is 1.96 bits per heavy atom. The zero-order valence-electron chi connectivity index (χ0n) is 13.5. The van der Waals surface area contributed by atoms with Gasteiger partial charge in [-0.2, -0.15) is 0 Å². The first-order valence-electron chi connectivity index (χ1n) is 7.35. The molecule has 0 aliphatic carbocycles. The smallest absolute Gasteiger partial charge is 0.265 e. The Hall–Kier alpha value is -2.96. The summed E-state index contributed by atoms with van der Waals surface area (Å²) in [6, 6.07) is 5.55. The number of benzene rings is 1. The fourth-order valence-corrected chi connectivity index (χ4v) is 2.44. The van der Waals surface area contributed by atoms with E-state index < -0.39 is 0 Å². The van der Waals surface area contributed by atoms with Crippen LogP contribution < -0.4 is 10.5 Å². The number of fused-ring (bicyclic) bond motifs is 1. The van der Waals surface area contributed by atoms with Crippen molar-refractivity contribution in [1.82, 2.24) is 9.55 Å². The largest absolute Gasteiger partial charge is 0.443 e. The van der Waals surface area contributed by atoms with Gasteiger partial charge in [0.2, 0.25) is 11.6 Å². The fourth-order valence-electron chi connectivity index (χ4n) is 2.44. The second-order valence-corrected chi connectivity index (χ2v) is 5.57. The van der Waals surface area contributed by atoms with Crippen molar-refractivity contribution in [2.45, 2.75) is 20.4 Å². The van der Waals surface area contributed by atoms with Crippen LogP contribution in [0.25, 0.3) is 11.1 Å². The molecular weight excluding hydrogens is 313 g/mol. The number of carbonyl (C=O) groups excluding carboxylic acids is 1. The molecule has 0 radical (unpaired) electrons. The highest BCUT2D eigenvalue weighted by molar-refractivity contribution is 5.92. The molecule has 24 heavy (non-hydrogen) atoms. The number of rotatable bonds is 3. The van der Waals surface area contributed by atoms with Crippen molar-refractivity contribution in [3.05, 3.63) is 58.1 Å². The van der Waals surface area contributed by atoms with Gasteiger partial charge in [0.1, 0.15) is 29.8 Å². The summed E-state index contributed by atoms with van der Waals surface area (Å²) in [5.74, 6) is -0.0684. The van der Waals surface area contributed by atoms with E-state index in [4.69, 9.17) is 4.42 Å². The van der Waals surface area contributed by atoms with Gasteiger partial charge in [0.05, 0.1) is 0 Å². The van der Waals surface area contributed by atoms with Gasteiger partial charge in [-0.05, 0) is 38.1 Å². The van der Waals surface area contributed by atoms with Crippen LogP contribution in [-0.2, 0) is 11.3 Å². The normalized spacial score (nSPS) is 11.0. The quantitative estimate of drug-likeness (QED) is 0.740.